The molecular formula is C8H9ClO4S2. The van der Waals surface area contributed by atoms with E-state index in [1.807, 2.05) is 0 Å². The van der Waals surface area contributed by atoms with Crippen molar-refractivity contribution in [1.82, 2.24) is 0 Å². The van der Waals surface area contributed by atoms with Crippen molar-refractivity contribution in [3.63, 3.8) is 0 Å². The average Bonchev–Trinajstić information content (AvgIpc) is 2.42. The summed E-state index contributed by atoms with van der Waals surface area (Å²) < 4.78 is 26.8. The van der Waals surface area contributed by atoms with Gasteiger partial charge in [-0.25, -0.2) is 13.2 Å². The number of hydrogen-bond donors (Lipinski definition) is 0. The topological polar surface area (TPSA) is 60.4 Å². The van der Waals surface area contributed by atoms with Gasteiger partial charge in [0.25, 0.3) is 9.05 Å². The van der Waals surface area contributed by atoms with Gasteiger partial charge in [-0.3, -0.25) is 0 Å². The zero-order valence-corrected chi connectivity index (χ0v) is 10.7. The summed E-state index contributed by atoms with van der Waals surface area (Å²) in [5.74, 6) is -0.549. The molecule has 0 bridgehead atoms. The number of ether oxygens (including phenoxy) is 1. The van der Waals surface area contributed by atoms with E-state index >= 15 is 0 Å². The van der Waals surface area contributed by atoms with Crippen molar-refractivity contribution in [2.45, 2.75) is 18.1 Å². The Hall–Kier alpha value is -0.590. The smallest absolute Gasteiger partial charge is 0.348 e. The van der Waals surface area contributed by atoms with Crippen LogP contribution in [0.1, 0.15) is 20.8 Å². The molecule has 0 aliphatic rings. The van der Waals surface area contributed by atoms with E-state index < -0.39 is 15.0 Å². The van der Waals surface area contributed by atoms with Crippen LogP contribution in [0.15, 0.2) is 4.21 Å². The molecule has 0 unspecified atom stereocenters. The van der Waals surface area contributed by atoms with Crippen molar-refractivity contribution in [3.05, 3.63) is 16.0 Å². The molecule has 0 aliphatic carbocycles. The summed E-state index contributed by atoms with van der Waals surface area (Å²) in [5.41, 5.74) is 1.08. The summed E-state index contributed by atoms with van der Waals surface area (Å²) in [4.78, 5) is 11.5. The first-order valence-electron chi connectivity index (χ1n) is 3.92. The first kappa shape index (κ1) is 12.5. The molecule has 0 aliphatic heterocycles. The van der Waals surface area contributed by atoms with Crippen LogP contribution >= 0.6 is 22.0 Å². The summed E-state index contributed by atoms with van der Waals surface area (Å²) >= 11 is 0.831. The van der Waals surface area contributed by atoms with Crippen LogP contribution in [-0.4, -0.2) is 21.5 Å². The predicted octanol–water partition coefficient (Wildman–Crippen LogP) is 2.08. The normalized spacial score (nSPS) is 11.5. The van der Waals surface area contributed by atoms with Crippen molar-refractivity contribution in [3.8, 4) is 0 Å². The van der Waals surface area contributed by atoms with Crippen molar-refractivity contribution >= 4 is 37.0 Å². The number of carbonyl (C=O) groups is 1. The van der Waals surface area contributed by atoms with Gasteiger partial charge >= 0.3 is 5.97 Å². The monoisotopic (exact) mass is 268 g/mol. The number of rotatable bonds is 2. The van der Waals surface area contributed by atoms with Crippen LogP contribution in [-0.2, 0) is 13.8 Å². The summed E-state index contributed by atoms with van der Waals surface area (Å²) in [5, 5.41) is 0. The molecule has 1 aromatic heterocycles. The van der Waals surface area contributed by atoms with Crippen LogP contribution < -0.4 is 0 Å². The van der Waals surface area contributed by atoms with E-state index in [4.69, 9.17) is 10.7 Å². The van der Waals surface area contributed by atoms with Gasteiger partial charge in [-0.05, 0) is 25.0 Å². The molecule has 0 aromatic carbocycles. The lowest BCUT2D eigenvalue weighted by Crippen LogP contribution is -1.99. The van der Waals surface area contributed by atoms with Gasteiger partial charge in [0.1, 0.15) is 9.09 Å². The maximum Gasteiger partial charge on any atom is 0.348 e. The van der Waals surface area contributed by atoms with E-state index in [0.29, 0.717) is 11.1 Å². The minimum absolute atomic E-state index is 0.00191. The van der Waals surface area contributed by atoms with Crippen LogP contribution in [0.25, 0.3) is 0 Å². The molecule has 0 radical (unpaired) electrons. The standard InChI is InChI=1S/C8H9ClO4S2/c1-4-5(2)8(15(9,11)12)14-6(4)7(10)13-3/h1-3H3. The Morgan fingerprint density at radius 3 is 2.20 bits per heavy atom. The van der Waals surface area contributed by atoms with Gasteiger partial charge in [0, 0.05) is 10.7 Å². The second kappa shape index (κ2) is 4.11. The molecule has 0 saturated carbocycles. The highest BCUT2D eigenvalue weighted by Gasteiger charge is 2.24. The fourth-order valence-electron chi connectivity index (χ4n) is 1.09. The Balaban J connectivity index is 3.44. The minimum atomic E-state index is -3.79. The Bertz CT molecular complexity index is 501. The van der Waals surface area contributed by atoms with Gasteiger partial charge in [-0.15, -0.1) is 11.3 Å². The van der Waals surface area contributed by atoms with Gasteiger partial charge < -0.3 is 4.74 Å². The third kappa shape index (κ3) is 2.32. The molecule has 0 spiro atoms. The lowest BCUT2D eigenvalue weighted by atomic mass is 10.2. The minimum Gasteiger partial charge on any atom is -0.465 e. The lowest BCUT2D eigenvalue weighted by Gasteiger charge is -1.95. The first-order chi connectivity index (χ1) is 6.79. The van der Waals surface area contributed by atoms with E-state index in [1.165, 1.54) is 7.11 Å². The summed E-state index contributed by atoms with van der Waals surface area (Å²) in [6.45, 7) is 3.26. The molecule has 0 atom stereocenters. The summed E-state index contributed by atoms with van der Waals surface area (Å²) in [7, 11) is 2.68. The zero-order chi connectivity index (χ0) is 11.8. The third-order valence-corrected chi connectivity index (χ3v) is 5.56. The SMILES string of the molecule is COC(=O)c1sc(S(=O)(=O)Cl)c(C)c1C. The highest BCUT2D eigenvalue weighted by molar-refractivity contribution is 8.15. The Morgan fingerprint density at radius 2 is 1.87 bits per heavy atom. The van der Waals surface area contributed by atoms with Crippen LogP contribution in [0.4, 0.5) is 0 Å². The molecule has 0 fully saturated rings. The average molecular weight is 269 g/mol. The van der Waals surface area contributed by atoms with E-state index in [2.05, 4.69) is 4.74 Å². The van der Waals surface area contributed by atoms with Gasteiger partial charge in [-0.2, -0.15) is 0 Å². The van der Waals surface area contributed by atoms with Gasteiger partial charge in [-0.1, -0.05) is 0 Å². The number of hydrogen-bond acceptors (Lipinski definition) is 5. The highest BCUT2D eigenvalue weighted by atomic mass is 35.7. The van der Waals surface area contributed by atoms with Crippen LogP contribution in [0, 0.1) is 13.8 Å². The first-order valence-corrected chi connectivity index (χ1v) is 7.04. The number of esters is 1. The molecule has 1 aromatic rings. The number of halogens is 1. The van der Waals surface area contributed by atoms with E-state index in [1.54, 1.807) is 13.8 Å². The second-order valence-corrected chi connectivity index (χ2v) is 6.68. The molecule has 4 nitrogen and oxygen atoms in total. The third-order valence-electron chi connectivity index (χ3n) is 2.00. The van der Waals surface area contributed by atoms with Crippen LogP contribution in [0.5, 0.6) is 0 Å². The van der Waals surface area contributed by atoms with Gasteiger partial charge in [0.2, 0.25) is 0 Å². The maximum atomic E-state index is 11.3. The van der Waals surface area contributed by atoms with Crippen molar-refractivity contribution in [2.75, 3.05) is 7.11 Å². The Morgan fingerprint density at radius 1 is 1.33 bits per heavy atom. The number of methoxy groups -OCH3 is 1. The van der Waals surface area contributed by atoms with Crippen LogP contribution in [0.3, 0.4) is 0 Å². The highest BCUT2D eigenvalue weighted by Crippen LogP contribution is 2.33. The van der Waals surface area contributed by atoms with Crippen molar-refractivity contribution in [2.24, 2.45) is 0 Å². The maximum absolute atomic E-state index is 11.3. The van der Waals surface area contributed by atoms with E-state index in [9.17, 15) is 13.2 Å². The molecule has 1 rings (SSSR count). The largest absolute Gasteiger partial charge is 0.465 e. The second-order valence-electron chi connectivity index (χ2n) is 2.90. The van der Waals surface area contributed by atoms with Crippen molar-refractivity contribution in [1.29, 1.82) is 0 Å². The Labute approximate surface area is 96.2 Å². The van der Waals surface area contributed by atoms with Crippen LogP contribution in [0.2, 0.25) is 0 Å². The fourth-order valence-corrected chi connectivity index (χ4v) is 3.85. The number of thiophene rings is 1. The predicted molar refractivity (Wildman–Crippen MR) is 58.2 cm³/mol. The van der Waals surface area contributed by atoms with Gasteiger partial charge in [0.15, 0.2) is 0 Å². The summed E-state index contributed by atoms with van der Waals surface area (Å²) in [6.07, 6.45) is 0. The van der Waals surface area contributed by atoms with E-state index in [-0.39, 0.29) is 9.09 Å². The van der Waals surface area contributed by atoms with E-state index in [0.717, 1.165) is 11.3 Å². The zero-order valence-electron chi connectivity index (χ0n) is 8.33. The molecule has 0 N–H and O–H groups in total. The molecule has 0 saturated heterocycles. The molecule has 84 valence electrons. The molecule has 15 heavy (non-hydrogen) atoms. The summed E-state index contributed by atoms with van der Waals surface area (Å²) in [6, 6.07) is 0. The molecule has 0 amide bonds. The van der Waals surface area contributed by atoms with Crippen molar-refractivity contribution < 1.29 is 17.9 Å². The Kier molecular flexibility index (Phi) is 3.42. The lowest BCUT2D eigenvalue weighted by molar-refractivity contribution is 0.0605. The molecule has 7 heteroatoms. The fraction of sp³-hybridized carbons (Fsp3) is 0.375. The molecular weight excluding hydrogens is 260 g/mol. The van der Waals surface area contributed by atoms with Gasteiger partial charge in [0.05, 0.1) is 7.11 Å². The molecule has 1 heterocycles. The quantitative estimate of drug-likeness (QED) is 0.609. The number of carbonyl (C=O) groups excluding carboxylic acids is 1.